The van der Waals surface area contributed by atoms with E-state index in [9.17, 15) is 0 Å². The summed E-state index contributed by atoms with van der Waals surface area (Å²) in [5.41, 5.74) is 0.278. The molecule has 0 aliphatic carbocycles. The molecule has 1 radical (unpaired) electrons. The molecular weight excluding hydrogens is 297 g/mol. The van der Waals surface area contributed by atoms with Gasteiger partial charge >= 0.3 is 0 Å². The van der Waals surface area contributed by atoms with E-state index in [0.29, 0.717) is 0 Å². The van der Waals surface area contributed by atoms with Crippen LogP contribution in [-0.2, 0) is 42.2 Å². The molecule has 99 valence electrons. The molecule has 0 aromatic heterocycles. The number of hydrogen-bond donors (Lipinski definition) is 2. The second-order valence-electron chi connectivity index (χ2n) is 5.01. The Bertz CT molecular complexity index is 154. The molecule has 2 saturated heterocycles. The van der Waals surface area contributed by atoms with Crippen molar-refractivity contribution < 1.29 is 52.4 Å². The van der Waals surface area contributed by atoms with Crippen LogP contribution in [0, 0.1) is 10.8 Å². The first kappa shape index (κ1) is 17.9. The zero-order chi connectivity index (χ0) is 12.1. The second-order valence-corrected chi connectivity index (χ2v) is 5.01. The average Bonchev–Trinajstić information content (AvgIpc) is 2.19. The van der Waals surface area contributed by atoms with Crippen LogP contribution in [0.3, 0.4) is 0 Å². The minimum atomic E-state index is 0. The summed E-state index contributed by atoms with van der Waals surface area (Å²) < 4.78 is 9.92. The first-order valence-electron chi connectivity index (χ1n) is 6.03. The third-order valence-electron chi connectivity index (χ3n) is 3.80. The van der Waals surface area contributed by atoms with Crippen LogP contribution >= 0.6 is 0 Å². The molecule has 2 fully saturated rings. The third kappa shape index (κ3) is 4.52. The van der Waals surface area contributed by atoms with E-state index in [1.807, 2.05) is 0 Å². The van der Waals surface area contributed by atoms with Crippen LogP contribution in [0.2, 0.25) is 0 Å². The van der Waals surface area contributed by atoms with E-state index < -0.39 is 0 Å². The average molecular weight is 321 g/mol. The summed E-state index contributed by atoms with van der Waals surface area (Å²) in [7, 11) is 0. The first-order valence-corrected chi connectivity index (χ1v) is 6.03. The van der Waals surface area contributed by atoms with Crippen molar-refractivity contribution in [3.05, 3.63) is 0 Å². The largest absolute Gasteiger partial charge is 0.396 e. The predicted octanol–water partition coefficient (Wildman–Crippen LogP) is 0.808. The molecule has 0 spiro atoms. The summed E-state index contributed by atoms with van der Waals surface area (Å²) in [5, 5.41) is 17.5. The molecule has 2 aliphatic heterocycles. The van der Waals surface area contributed by atoms with Crippen molar-refractivity contribution in [1.29, 1.82) is 0 Å². The zero-order valence-corrected chi connectivity index (χ0v) is 13.8. The van der Waals surface area contributed by atoms with Gasteiger partial charge in [0.1, 0.15) is 0 Å². The topological polar surface area (TPSA) is 58.9 Å². The second kappa shape index (κ2) is 8.18. The van der Waals surface area contributed by atoms with Crippen molar-refractivity contribution in [3.63, 3.8) is 0 Å². The monoisotopic (exact) mass is 321 g/mol. The fourth-order valence-corrected chi connectivity index (χ4v) is 1.60. The predicted molar refractivity (Wildman–Crippen MR) is 61.3 cm³/mol. The van der Waals surface area contributed by atoms with Gasteiger partial charge in [0.15, 0.2) is 0 Å². The Morgan fingerprint density at radius 2 is 1.12 bits per heavy atom. The van der Waals surface area contributed by atoms with Crippen molar-refractivity contribution in [3.8, 4) is 0 Å². The summed E-state index contributed by atoms with van der Waals surface area (Å²) >= 11 is 0. The maximum atomic E-state index is 8.76. The van der Waals surface area contributed by atoms with E-state index in [4.69, 9.17) is 19.7 Å². The van der Waals surface area contributed by atoms with Crippen molar-refractivity contribution >= 4 is 0 Å². The molecule has 5 heteroatoms. The number of aliphatic hydroxyl groups is 2. The molecule has 2 aliphatic rings. The molecule has 0 unspecified atom stereocenters. The van der Waals surface area contributed by atoms with Gasteiger partial charge in [-0.15, -0.1) is 0 Å². The van der Waals surface area contributed by atoms with Crippen LogP contribution in [-0.4, -0.2) is 49.9 Å². The molecular formula is C12H24O4Y. The van der Waals surface area contributed by atoms with Crippen LogP contribution in [0.4, 0.5) is 0 Å². The van der Waals surface area contributed by atoms with E-state index in [2.05, 4.69) is 13.8 Å². The molecule has 0 aromatic carbocycles. The van der Waals surface area contributed by atoms with Gasteiger partial charge < -0.3 is 19.7 Å². The van der Waals surface area contributed by atoms with E-state index in [-0.39, 0.29) is 56.8 Å². The molecule has 2 rings (SSSR count). The molecule has 2 N–H and O–H groups in total. The van der Waals surface area contributed by atoms with Gasteiger partial charge in [-0.2, -0.15) is 0 Å². The Labute approximate surface area is 129 Å². The first-order chi connectivity index (χ1) is 7.66. The summed E-state index contributed by atoms with van der Waals surface area (Å²) in [6, 6.07) is 0. The van der Waals surface area contributed by atoms with Crippen LogP contribution in [0.1, 0.15) is 26.7 Å². The molecule has 0 amide bonds. The summed E-state index contributed by atoms with van der Waals surface area (Å²) in [5.74, 6) is 0. The van der Waals surface area contributed by atoms with Gasteiger partial charge in [-0.25, -0.2) is 0 Å². The Morgan fingerprint density at radius 3 is 1.12 bits per heavy atom. The third-order valence-corrected chi connectivity index (χ3v) is 3.80. The minimum Gasteiger partial charge on any atom is -0.396 e. The molecule has 0 bridgehead atoms. The standard InChI is InChI=1S/2C6H12O2.Y/c2*1-2-6(3-7)4-8-5-6;/h2*7H,2-5H2,1H3;. The normalized spacial score (nSPS) is 23.3. The van der Waals surface area contributed by atoms with Gasteiger partial charge in [-0.3, -0.25) is 0 Å². The van der Waals surface area contributed by atoms with E-state index in [1.54, 1.807) is 0 Å². The van der Waals surface area contributed by atoms with Crippen LogP contribution in [0.25, 0.3) is 0 Å². The van der Waals surface area contributed by atoms with Crippen molar-refractivity contribution in [1.82, 2.24) is 0 Å². The maximum Gasteiger partial charge on any atom is 0.0566 e. The van der Waals surface area contributed by atoms with Gasteiger partial charge in [0, 0.05) is 43.5 Å². The van der Waals surface area contributed by atoms with Crippen molar-refractivity contribution in [2.75, 3.05) is 39.6 Å². The number of ether oxygens (including phenoxy) is 2. The molecule has 0 aromatic rings. The summed E-state index contributed by atoms with van der Waals surface area (Å²) in [6.45, 7) is 7.73. The number of aliphatic hydroxyl groups excluding tert-OH is 2. The number of hydrogen-bond acceptors (Lipinski definition) is 4. The van der Waals surface area contributed by atoms with E-state index in [1.165, 1.54) is 0 Å². The van der Waals surface area contributed by atoms with Gasteiger partial charge in [-0.1, -0.05) is 13.8 Å². The van der Waals surface area contributed by atoms with Crippen molar-refractivity contribution in [2.24, 2.45) is 10.8 Å². The Kier molecular flexibility index (Phi) is 8.64. The smallest absolute Gasteiger partial charge is 0.0566 e. The van der Waals surface area contributed by atoms with E-state index >= 15 is 0 Å². The van der Waals surface area contributed by atoms with Gasteiger partial charge in [0.25, 0.3) is 0 Å². The zero-order valence-electron chi connectivity index (χ0n) is 10.9. The quantitative estimate of drug-likeness (QED) is 0.804. The molecule has 2 heterocycles. The molecule has 0 atom stereocenters. The van der Waals surface area contributed by atoms with Crippen molar-refractivity contribution in [2.45, 2.75) is 26.7 Å². The summed E-state index contributed by atoms with van der Waals surface area (Å²) in [6.07, 6.45) is 2.06. The maximum absolute atomic E-state index is 8.76. The molecule has 4 nitrogen and oxygen atoms in total. The molecule has 0 saturated carbocycles. The van der Waals surface area contributed by atoms with E-state index in [0.717, 1.165) is 39.3 Å². The van der Waals surface area contributed by atoms with Crippen LogP contribution in [0.5, 0.6) is 0 Å². The fourth-order valence-electron chi connectivity index (χ4n) is 1.60. The van der Waals surface area contributed by atoms with Crippen LogP contribution in [0.15, 0.2) is 0 Å². The number of rotatable bonds is 4. The summed E-state index contributed by atoms with van der Waals surface area (Å²) in [4.78, 5) is 0. The van der Waals surface area contributed by atoms with Gasteiger partial charge in [0.05, 0.1) is 39.6 Å². The van der Waals surface area contributed by atoms with Gasteiger partial charge in [0.2, 0.25) is 0 Å². The van der Waals surface area contributed by atoms with Gasteiger partial charge in [-0.05, 0) is 12.8 Å². The Balaban J connectivity index is 0.000000284. The minimum absolute atomic E-state index is 0. The Hall–Kier alpha value is 0.944. The van der Waals surface area contributed by atoms with Crippen LogP contribution < -0.4 is 0 Å². The fraction of sp³-hybridized carbons (Fsp3) is 1.00. The SMILES string of the molecule is CCC1(CO)COC1.CCC1(CO)COC1.[Y]. The Morgan fingerprint density at radius 1 is 0.824 bits per heavy atom. The molecule has 17 heavy (non-hydrogen) atoms.